The SMILES string of the molecule is CC(C)[C@H](NC(=O)[C@H](Cc1ccccc1)NC(=O)[C@@H](N)Cc1ccccc1)C(=O)N[C@@H](Cc1ccccc1)C(=O)O. The lowest BCUT2D eigenvalue weighted by Crippen LogP contribution is -2.59. The number of carboxylic acid groups (broad SMARTS) is 1. The van der Waals surface area contributed by atoms with Crippen molar-refractivity contribution >= 4 is 23.7 Å². The second-order valence-electron chi connectivity index (χ2n) is 10.4. The van der Waals surface area contributed by atoms with E-state index in [4.69, 9.17) is 5.73 Å². The fourth-order valence-electron chi connectivity index (χ4n) is 4.40. The monoisotopic (exact) mass is 558 g/mol. The molecule has 0 heterocycles. The van der Waals surface area contributed by atoms with Gasteiger partial charge in [-0.3, -0.25) is 14.4 Å². The van der Waals surface area contributed by atoms with Crippen molar-refractivity contribution in [3.05, 3.63) is 108 Å². The van der Waals surface area contributed by atoms with Crippen molar-refractivity contribution in [1.29, 1.82) is 0 Å². The van der Waals surface area contributed by atoms with Gasteiger partial charge in [0.1, 0.15) is 18.1 Å². The van der Waals surface area contributed by atoms with Gasteiger partial charge in [0.15, 0.2) is 0 Å². The molecular formula is C32H38N4O5. The summed E-state index contributed by atoms with van der Waals surface area (Å²) in [7, 11) is 0. The van der Waals surface area contributed by atoms with Gasteiger partial charge in [-0.15, -0.1) is 0 Å². The maximum absolute atomic E-state index is 13.5. The molecule has 0 radical (unpaired) electrons. The fraction of sp³-hybridized carbons (Fsp3) is 0.312. The summed E-state index contributed by atoms with van der Waals surface area (Å²) in [6, 6.07) is 23.4. The van der Waals surface area contributed by atoms with Gasteiger partial charge in [0, 0.05) is 12.8 Å². The molecule has 0 spiro atoms. The molecule has 0 unspecified atom stereocenters. The Labute approximate surface area is 240 Å². The molecule has 9 nitrogen and oxygen atoms in total. The lowest BCUT2D eigenvalue weighted by atomic mass is 9.99. The number of benzene rings is 3. The van der Waals surface area contributed by atoms with Crippen molar-refractivity contribution in [2.24, 2.45) is 11.7 Å². The van der Waals surface area contributed by atoms with Crippen molar-refractivity contribution in [1.82, 2.24) is 16.0 Å². The highest BCUT2D eigenvalue weighted by Crippen LogP contribution is 2.10. The van der Waals surface area contributed by atoms with Crippen molar-refractivity contribution in [2.45, 2.75) is 57.3 Å². The van der Waals surface area contributed by atoms with E-state index in [0.29, 0.717) is 6.42 Å². The third-order valence-electron chi connectivity index (χ3n) is 6.69. The van der Waals surface area contributed by atoms with Crippen LogP contribution in [0.25, 0.3) is 0 Å². The van der Waals surface area contributed by atoms with Gasteiger partial charge in [0.25, 0.3) is 0 Å². The van der Waals surface area contributed by atoms with Crippen LogP contribution in [0.1, 0.15) is 30.5 Å². The summed E-state index contributed by atoms with van der Waals surface area (Å²) in [6.45, 7) is 3.50. The summed E-state index contributed by atoms with van der Waals surface area (Å²) in [4.78, 5) is 51.7. The quantitative estimate of drug-likeness (QED) is 0.205. The Morgan fingerprint density at radius 3 is 1.46 bits per heavy atom. The van der Waals surface area contributed by atoms with Gasteiger partial charge in [-0.2, -0.15) is 0 Å². The van der Waals surface area contributed by atoms with Crippen LogP contribution in [-0.2, 0) is 38.4 Å². The molecule has 0 aliphatic heterocycles. The number of hydrogen-bond acceptors (Lipinski definition) is 5. The maximum atomic E-state index is 13.5. The molecule has 216 valence electrons. The largest absolute Gasteiger partial charge is 0.480 e. The number of nitrogens with two attached hydrogens (primary N) is 1. The molecule has 4 atom stereocenters. The molecule has 0 saturated carbocycles. The van der Waals surface area contributed by atoms with Crippen LogP contribution < -0.4 is 21.7 Å². The summed E-state index contributed by atoms with van der Waals surface area (Å²) in [5.74, 6) is -3.24. The van der Waals surface area contributed by atoms with Crippen LogP contribution >= 0.6 is 0 Å². The maximum Gasteiger partial charge on any atom is 0.326 e. The van der Waals surface area contributed by atoms with E-state index < -0.39 is 47.9 Å². The van der Waals surface area contributed by atoms with Crippen LogP contribution in [0.5, 0.6) is 0 Å². The van der Waals surface area contributed by atoms with Crippen LogP contribution in [0.3, 0.4) is 0 Å². The Kier molecular flexibility index (Phi) is 11.6. The Hall–Kier alpha value is -4.50. The second-order valence-corrected chi connectivity index (χ2v) is 10.4. The van der Waals surface area contributed by atoms with E-state index in [-0.39, 0.29) is 18.8 Å². The molecule has 0 aliphatic rings. The molecule has 6 N–H and O–H groups in total. The smallest absolute Gasteiger partial charge is 0.326 e. The van der Waals surface area contributed by atoms with E-state index in [1.54, 1.807) is 38.1 Å². The van der Waals surface area contributed by atoms with Crippen molar-refractivity contribution in [2.75, 3.05) is 0 Å². The van der Waals surface area contributed by atoms with Crippen molar-refractivity contribution in [3.63, 3.8) is 0 Å². The lowest BCUT2D eigenvalue weighted by Gasteiger charge is -2.27. The van der Waals surface area contributed by atoms with Crippen molar-refractivity contribution < 1.29 is 24.3 Å². The average Bonchev–Trinajstić information content (AvgIpc) is 2.96. The zero-order valence-corrected chi connectivity index (χ0v) is 23.3. The minimum absolute atomic E-state index is 0.0899. The van der Waals surface area contributed by atoms with Gasteiger partial charge in [-0.05, 0) is 29.0 Å². The molecular weight excluding hydrogens is 520 g/mol. The Morgan fingerprint density at radius 2 is 1.02 bits per heavy atom. The number of rotatable bonds is 14. The zero-order valence-electron chi connectivity index (χ0n) is 23.3. The fourth-order valence-corrected chi connectivity index (χ4v) is 4.40. The van der Waals surface area contributed by atoms with Gasteiger partial charge >= 0.3 is 5.97 Å². The summed E-state index contributed by atoms with van der Waals surface area (Å²) in [6.07, 6.45) is 0.558. The molecule has 3 amide bonds. The van der Waals surface area contributed by atoms with Gasteiger partial charge in [0.2, 0.25) is 17.7 Å². The van der Waals surface area contributed by atoms with E-state index in [2.05, 4.69) is 16.0 Å². The molecule has 0 fully saturated rings. The summed E-state index contributed by atoms with van der Waals surface area (Å²) in [5, 5.41) is 17.8. The molecule has 41 heavy (non-hydrogen) atoms. The highest BCUT2D eigenvalue weighted by Gasteiger charge is 2.32. The number of nitrogens with one attached hydrogen (secondary N) is 3. The molecule has 3 aromatic rings. The second kappa shape index (κ2) is 15.3. The first-order valence-corrected chi connectivity index (χ1v) is 13.6. The first-order chi connectivity index (χ1) is 19.6. The van der Waals surface area contributed by atoms with Crippen LogP contribution in [0.2, 0.25) is 0 Å². The van der Waals surface area contributed by atoms with Gasteiger partial charge in [0.05, 0.1) is 6.04 Å². The first kappa shape index (κ1) is 31.0. The standard InChI is InChI=1S/C32H38N4O5/c1-21(2)28(31(39)35-27(32(40)41)20-24-16-10-5-11-17-24)36-30(38)26(19-23-14-8-4-9-15-23)34-29(37)25(33)18-22-12-6-3-7-13-22/h3-17,21,25-28H,18-20,33H2,1-2H3,(H,34,37)(H,35,39)(H,36,38)(H,40,41)/t25-,26-,27-,28-/m0/s1. The lowest BCUT2D eigenvalue weighted by molar-refractivity contribution is -0.142. The molecule has 0 aromatic heterocycles. The number of carbonyl (C=O) groups excluding carboxylic acids is 3. The molecule has 0 aliphatic carbocycles. The normalized spacial score (nSPS) is 13.9. The highest BCUT2D eigenvalue weighted by molar-refractivity contribution is 5.94. The number of carbonyl (C=O) groups is 4. The molecule has 0 saturated heterocycles. The summed E-state index contributed by atoms with van der Waals surface area (Å²) in [5.41, 5.74) is 8.62. The van der Waals surface area contributed by atoms with E-state index >= 15 is 0 Å². The molecule has 0 bridgehead atoms. The molecule has 9 heteroatoms. The van der Waals surface area contributed by atoms with Gasteiger partial charge < -0.3 is 26.8 Å². The van der Waals surface area contributed by atoms with Crippen LogP contribution in [0.15, 0.2) is 91.0 Å². The molecule has 3 rings (SSSR count). The Bertz CT molecular complexity index is 1290. The van der Waals surface area contributed by atoms with E-state index in [9.17, 15) is 24.3 Å². The third-order valence-corrected chi connectivity index (χ3v) is 6.69. The van der Waals surface area contributed by atoms with E-state index in [1.165, 1.54) is 0 Å². The number of hydrogen-bond donors (Lipinski definition) is 5. The Morgan fingerprint density at radius 1 is 0.610 bits per heavy atom. The van der Waals surface area contributed by atoms with Gasteiger partial charge in [-0.25, -0.2) is 4.79 Å². The Balaban J connectivity index is 1.73. The minimum Gasteiger partial charge on any atom is -0.480 e. The van der Waals surface area contributed by atoms with E-state index in [1.807, 2.05) is 66.7 Å². The summed E-state index contributed by atoms with van der Waals surface area (Å²) < 4.78 is 0. The third kappa shape index (κ3) is 9.88. The van der Waals surface area contributed by atoms with Crippen LogP contribution in [0, 0.1) is 5.92 Å². The van der Waals surface area contributed by atoms with Crippen molar-refractivity contribution in [3.8, 4) is 0 Å². The topological polar surface area (TPSA) is 151 Å². The first-order valence-electron chi connectivity index (χ1n) is 13.6. The number of aliphatic carboxylic acids is 1. The predicted octanol–water partition coefficient (Wildman–Crippen LogP) is 2.24. The van der Waals surface area contributed by atoms with Crippen LogP contribution in [-0.4, -0.2) is 53.0 Å². The summed E-state index contributed by atoms with van der Waals surface area (Å²) >= 11 is 0. The molecule has 3 aromatic carbocycles. The number of amides is 3. The van der Waals surface area contributed by atoms with E-state index in [0.717, 1.165) is 16.7 Å². The van der Waals surface area contributed by atoms with Gasteiger partial charge in [-0.1, -0.05) is 105 Å². The number of carboxylic acids is 1. The zero-order chi connectivity index (χ0) is 29.8. The minimum atomic E-state index is -1.18. The predicted molar refractivity (Wildman–Crippen MR) is 157 cm³/mol. The average molecular weight is 559 g/mol. The van der Waals surface area contributed by atoms with Crippen LogP contribution in [0.4, 0.5) is 0 Å². The highest BCUT2D eigenvalue weighted by atomic mass is 16.4.